The van der Waals surface area contributed by atoms with Crippen LogP contribution in [0.1, 0.15) is 259 Å². The maximum absolute atomic E-state index is 11.6. The third-order valence-electron chi connectivity index (χ3n) is 28.5. The molecule has 0 amide bonds. The molecule has 11 unspecified atom stereocenters. The summed E-state index contributed by atoms with van der Waals surface area (Å²) in [6.07, 6.45) is 59.4. The number of hydrogen-bond acceptors (Lipinski definition) is 3. The smallest absolute Gasteiger partial charge is 0.133 e. The Balaban J connectivity index is 0.000000140. The van der Waals surface area contributed by atoms with Gasteiger partial charge in [0, 0.05) is 31.9 Å². The summed E-state index contributed by atoms with van der Waals surface area (Å²) in [5.41, 5.74) is 0. The van der Waals surface area contributed by atoms with Crippen molar-refractivity contribution in [2.45, 2.75) is 259 Å². The second-order valence-electron chi connectivity index (χ2n) is 34.7. The molecule has 0 aliphatic heterocycles. The van der Waals surface area contributed by atoms with Crippen LogP contribution in [-0.4, -0.2) is 31.5 Å². The average molecular weight is 1450 g/mol. The monoisotopic (exact) mass is 1450 g/mol. The highest BCUT2D eigenvalue weighted by molar-refractivity contribution is 7.94. The number of methoxy groups -OCH3 is 1. The van der Waals surface area contributed by atoms with E-state index in [0.29, 0.717) is 11.7 Å². The van der Waals surface area contributed by atoms with Crippen molar-refractivity contribution in [3.05, 3.63) is 195 Å². The zero-order chi connectivity index (χ0) is 72.4. The van der Waals surface area contributed by atoms with E-state index in [1.807, 2.05) is 5.98 Å². The first kappa shape index (κ1) is 82.5. The van der Waals surface area contributed by atoms with Gasteiger partial charge in [0.05, 0.1) is 0 Å². The number of hydrogen-bond donors (Lipinski definition) is 0. The third-order valence-corrected chi connectivity index (χ3v) is 35.9. The first-order valence-electron chi connectivity index (χ1n) is 43.0. The molecule has 9 saturated carbocycles. The number of benzene rings is 6. The van der Waals surface area contributed by atoms with Crippen molar-refractivity contribution >= 4 is 70.0 Å². The summed E-state index contributed by atoms with van der Waals surface area (Å²) in [6.45, 7) is 7.38. The largest absolute Gasteiger partial charge is 0.356 e. The van der Waals surface area contributed by atoms with E-state index in [-0.39, 0.29) is 7.43 Å². The van der Waals surface area contributed by atoms with E-state index in [1.165, 1.54) is 218 Å². The van der Waals surface area contributed by atoms with Crippen molar-refractivity contribution in [3.63, 3.8) is 0 Å². The number of allylic oxidation sites excluding steroid dienone is 1. The number of ether oxygens (including phenoxy) is 1. The van der Waals surface area contributed by atoms with Crippen LogP contribution in [0.5, 0.6) is 0 Å². The lowest BCUT2D eigenvalue weighted by Crippen LogP contribution is -2.34. The quantitative estimate of drug-likeness (QED) is 0.0489. The predicted octanol–water partition coefficient (Wildman–Crippen LogP) is 25.0. The molecule has 15 rings (SSSR count). The van der Waals surface area contributed by atoms with E-state index < -0.39 is 13.8 Å². The number of carbonyl (C=O) groups excluding carboxylic acids is 2. The fraction of sp³-hybridized carbons (Fsp3) is 0.580. The lowest BCUT2D eigenvalue weighted by molar-refractivity contribution is -0.123. The van der Waals surface area contributed by atoms with Crippen LogP contribution >= 0.6 is 13.8 Å². The molecule has 9 aliphatic rings. The van der Waals surface area contributed by atoms with E-state index >= 15 is 0 Å². The van der Waals surface area contributed by atoms with Crippen molar-refractivity contribution in [1.82, 2.24) is 0 Å². The van der Waals surface area contributed by atoms with E-state index in [2.05, 4.69) is 215 Å². The summed E-state index contributed by atoms with van der Waals surface area (Å²) in [5.74, 6) is 18.9. The van der Waals surface area contributed by atoms with Gasteiger partial charge in [-0.2, -0.15) is 0 Å². The second-order valence-corrected chi connectivity index (χ2v) is 41.0. The number of fused-ring (bicyclic) bond motifs is 3. The van der Waals surface area contributed by atoms with Gasteiger partial charge in [-0.3, -0.25) is 4.79 Å². The number of Topliss-reactive ketones (excluding diaryl/α,β-unsaturated/α-hetero) is 1. The minimum Gasteiger partial charge on any atom is -0.356 e. The molecule has 9 aliphatic carbocycles. The van der Waals surface area contributed by atoms with Gasteiger partial charge in [0.15, 0.2) is 0 Å². The predicted molar refractivity (Wildman–Crippen MR) is 461 cm³/mol. The summed E-state index contributed by atoms with van der Waals surface area (Å²) in [4.78, 5) is 22.6. The molecule has 0 spiro atoms. The highest BCUT2D eigenvalue weighted by Gasteiger charge is 2.42. The summed E-state index contributed by atoms with van der Waals surface area (Å²) < 4.78 is 5.59. The highest BCUT2D eigenvalue weighted by Crippen LogP contribution is 2.53. The summed E-state index contributed by atoms with van der Waals surface area (Å²) in [6, 6.07) is 63.9. The Morgan fingerprint density at radius 2 is 0.619 bits per heavy atom. The van der Waals surface area contributed by atoms with Gasteiger partial charge in [-0.1, -0.05) is 300 Å². The Morgan fingerprint density at radius 3 is 0.933 bits per heavy atom. The van der Waals surface area contributed by atoms with E-state index in [4.69, 9.17) is 11.0 Å². The Hall–Kier alpha value is -5.04. The first-order valence-corrected chi connectivity index (χ1v) is 46.8. The molecule has 0 radical (unpaired) electrons. The SMILES string of the molecule is C.C=CC1CCC2CC(C3CCC(CCC)CC3)CCC2C1.C=P(c1ccccc1)(c1ccccc1)c1ccccc1.CCCC1CCC(C2CCC3CC(=O)CCC3C2)CC1.CCCC1CCC(C2CCC3CC(C=O)CCC3C2)CC1.COC=P(c1ccccc1)(c1ccccc1)c1ccccc1. The fourth-order valence-electron chi connectivity index (χ4n) is 22.6. The van der Waals surface area contributed by atoms with Gasteiger partial charge in [-0.25, -0.2) is 0 Å². The molecule has 0 heterocycles. The maximum Gasteiger partial charge on any atom is 0.133 e. The van der Waals surface area contributed by atoms with Crippen molar-refractivity contribution < 1.29 is 14.3 Å². The van der Waals surface area contributed by atoms with Gasteiger partial charge >= 0.3 is 0 Å². The van der Waals surface area contributed by atoms with Crippen molar-refractivity contribution in [3.8, 4) is 0 Å². The molecular formula is C100H142O3P2. The van der Waals surface area contributed by atoms with Gasteiger partial charge in [0.2, 0.25) is 0 Å². The molecule has 5 heteroatoms. The molecule has 0 N–H and O–H groups in total. The first-order chi connectivity index (χ1) is 51.0. The van der Waals surface area contributed by atoms with Gasteiger partial charge in [-0.15, -0.1) is 6.58 Å². The van der Waals surface area contributed by atoms with Crippen LogP contribution in [0.15, 0.2) is 195 Å². The third kappa shape index (κ3) is 22.4. The number of aldehydes is 1. The van der Waals surface area contributed by atoms with Crippen molar-refractivity contribution in [2.24, 2.45) is 101 Å². The lowest BCUT2D eigenvalue weighted by atomic mass is 9.61. The van der Waals surface area contributed by atoms with E-state index in [1.54, 1.807) is 45.6 Å². The Morgan fingerprint density at radius 1 is 0.352 bits per heavy atom. The molecule has 3 nitrogen and oxygen atoms in total. The van der Waals surface area contributed by atoms with Crippen LogP contribution in [0.3, 0.4) is 0 Å². The normalized spacial score (nSPS) is 30.1. The van der Waals surface area contributed by atoms with Crippen LogP contribution in [0.25, 0.3) is 0 Å². The maximum atomic E-state index is 11.6. The van der Waals surface area contributed by atoms with Crippen molar-refractivity contribution in [1.29, 1.82) is 0 Å². The van der Waals surface area contributed by atoms with Crippen LogP contribution in [0.4, 0.5) is 0 Å². The molecule has 11 atom stereocenters. The molecule has 0 saturated heterocycles. The molecule has 0 aromatic heterocycles. The van der Waals surface area contributed by atoms with Gasteiger partial charge in [-0.05, 0) is 282 Å². The minimum atomic E-state index is -1.90. The van der Waals surface area contributed by atoms with Crippen LogP contribution in [-0.2, 0) is 14.3 Å². The van der Waals surface area contributed by atoms with E-state index in [9.17, 15) is 9.59 Å². The molecular weight excluding hydrogens is 1310 g/mol. The summed E-state index contributed by atoms with van der Waals surface area (Å²) >= 11 is 0. The zero-order valence-corrected chi connectivity index (χ0v) is 67.1. The van der Waals surface area contributed by atoms with Gasteiger partial charge < -0.3 is 9.53 Å². The molecule has 6 aromatic rings. The number of rotatable bonds is 18. The summed E-state index contributed by atoms with van der Waals surface area (Å²) in [5, 5.41) is 7.85. The van der Waals surface area contributed by atoms with Crippen LogP contribution in [0.2, 0.25) is 0 Å². The number of carbonyl (C=O) groups is 2. The average Bonchev–Trinajstić information content (AvgIpc) is 0.771. The molecule has 0 bridgehead atoms. The molecule has 6 aromatic carbocycles. The Bertz CT molecular complexity index is 3240. The Kier molecular flexibility index (Phi) is 33.6. The molecule has 105 heavy (non-hydrogen) atoms. The van der Waals surface area contributed by atoms with Crippen molar-refractivity contribution in [2.75, 3.05) is 7.11 Å². The minimum absolute atomic E-state index is 0. The topological polar surface area (TPSA) is 43.4 Å². The standard InChI is InChI=1S/C21H36.C20H19OP.C20H34O.C19H32O.C19H17P.CH4/c1-3-5-17-7-9-18(10-8-17)20-13-12-19-14-16(4-2)6-11-21(19)15-20;1-21-17-22(18-11-5-2-6-12-18,19-13-7-3-8-14-19)20-15-9-4-10-16-20;1-2-3-15-4-7-17(8-5-15)19-11-10-18-12-16(14-21)6-9-20(18)13-19;1-2-3-14-4-6-15(7-5-14)16-8-9-18-13-19(20)11-10-17(18)12-16;1-20(17-11-5-2-6-12-17,18-13-7-3-8-14-18)19-15-9-4-10-16-19;/h4,16-21H,2-3,5-15H2,1H3;2-17H,1H3;14-20H,2-13H2,1H3;14-18H,2-13H2,1H3;2-16H,1H2;1H4. The molecule has 570 valence electrons. The number of ketones is 1. The van der Waals surface area contributed by atoms with Crippen LogP contribution < -0.4 is 31.8 Å². The lowest BCUT2D eigenvalue weighted by Gasteiger charge is -2.45. The Labute approximate surface area is 641 Å². The highest BCUT2D eigenvalue weighted by atomic mass is 31.2. The van der Waals surface area contributed by atoms with Crippen LogP contribution in [0, 0.1) is 101 Å². The second kappa shape index (κ2) is 42.8. The zero-order valence-electron chi connectivity index (χ0n) is 65.4. The van der Waals surface area contributed by atoms with Gasteiger partial charge in [0.1, 0.15) is 12.1 Å². The van der Waals surface area contributed by atoms with Gasteiger partial charge in [0.25, 0.3) is 0 Å². The van der Waals surface area contributed by atoms with E-state index in [0.717, 1.165) is 108 Å². The fourth-order valence-corrected chi connectivity index (χ4v) is 29.1. The molecule has 9 fully saturated rings. The summed E-state index contributed by atoms with van der Waals surface area (Å²) in [7, 11) is 1.74.